The van der Waals surface area contributed by atoms with Gasteiger partial charge in [0, 0.05) is 55.8 Å². The lowest BCUT2D eigenvalue weighted by Gasteiger charge is -2.40. The van der Waals surface area contributed by atoms with Crippen LogP contribution in [0.4, 0.5) is 0 Å². The van der Waals surface area contributed by atoms with Gasteiger partial charge in [-0.25, -0.2) is 0 Å². The molecule has 1 saturated heterocycles. The predicted molar refractivity (Wildman–Crippen MR) is 217 cm³/mol. The van der Waals surface area contributed by atoms with E-state index < -0.39 is 75.9 Å². The molecule has 1 aromatic carbocycles. The Morgan fingerprint density at radius 1 is 1.02 bits per heavy atom. The number of thioether (sulfide) groups is 1. The number of carbonyl (C=O) groups is 7. The fourth-order valence-corrected chi connectivity index (χ4v) is 7.63. The van der Waals surface area contributed by atoms with Gasteiger partial charge < -0.3 is 37.0 Å². The van der Waals surface area contributed by atoms with E-state index in [-0.39, 0.29) is 49.4 Å². The van der Waals surface area contributed by atoms with Gasteiger partial charge in [0.2, 0.25) is 35.4 Å². The van der Waals surface area contributed by atoms with Crippen LogP contribution >= 0.6 is 11.8 Å². The smallest absolute Gasteiger partial charge is 0.321 e. The molecule has 1 aliphatic heterocycles. The predicted octanol–water partition coefficient (Wildman–Crippen LogP) is 1.80. The Kier molecular flexibility index (Phi) is 17.7. The number of hydrogen-bond donors (Lipinski definition) is 6. The van der Waals surface area contributed by atoms with E-state index in [1.54, 1.807) is 38.9 Å². The van der Waals surface area contributed by atoms with Gasteiger partial charge in [0.05, 0.1) is 17.3 Å². The van der Waals surface area contributed by atoms with E-state index in [2.05, 4.69) is 21.3 Å². The normalized spacial score (nSPS) is 17.8. The molecular weight excluding hydrogens is 739 g/mol. The minimum atomic E-state index is -1.19. The Hall–Kier alpha value is -4.28. The minimum absolute atomic E-state index is 0.00871. The molecule has 2 rings (SSSR count). The molecule has 6 amide bonds. The molecule has 0 spiro atoms. The number of imide groups is 1. The standard InChI is InChI=1S/C40H63N7O8S/c1-23(2)28(46(11)37(53)33(39(5,6)7)45-35(51)32(42-10)40(8,9)26-15-13-12-14-16-26)19-24(3)34(50)44-25(4)20-30(48)43-17-18-47-31(49)21-29(36(47)52)56-22-27(41)38(54)55/h12-16,19,23,25,27-29,32-33,42H,17-18,20-22,41H2,1-11H3,(H,43,48)(H,44,50)(H,45,51)(H,54,55)/b24-19+/t25-,27+,28-,29?,32-,33-/m1/s1. The molecule has 0 bridgehead atoms. The van der Waals surface area contributed by atoms with Crippen LogP contribution in [0.25, 0.3) is 0 Å². The summed E-state index contributed by atoms with van der Waals surface area (Å²) < 4.78 is 0. The second kappa shape index (κ2) is 20.8. The molecule has 0 aromatic heterocycles. The van der Waals surface area contributed by atoms with Gasteiger partial charge in [0.25, 0.3) is 0 Å². The van der Waals surface area contributed by atoms with Crippen molar-refractivity contribution in [1.82, 2.24) is 31.1 Å². The van der Waals surface area contributed by atoms with Gasteiger partial charge in [-0.05, 0) is 37.8 Å². The largest absolute Gasteiger partial charge is 0.480 e. The van der Waals surface area contributed by atoms with Crippen LogP contribution in [0, 0.1) is 11.3 Å². The van der Waals surface area contributed by atoms with Crippen LogP contribution < -0.4 is 27.0 Å². The van der Waals surface area contributed by atoms with Gasteiger partial charge >= 0.3 is 5.97 Å². The molecule has 1 aliphatic rings. The van der Waals surface area contributed by atoms with Gasteiger partial charge in [0.1, 0.15) is 12.1 Å². The first-order valence-electron chi connectivity index (χ1n) is 18.9. The molecule has 0 aliphatic carbocycles. The number of hydrogen-bond acceptors (Lipinski definition) is 10. The van der Waals surface area contributed by atoms with Gasteiger partial charge in [0.15, 0.2) is 0 Å². The van der Waals surface area contributed by atoms with Crippen LogP contribution in [0.3, 0.4) is 0 Å². The van der Waals surface area contributed by atoms with E-state index in [0.717, 1.165) is 22.2 Å². The number of aliphatic carboxylic acids is 1. The lowest BCUT2D eigenvalue weighted by atomic mass is 9.76. The summed E-state index contributed by atoms with van der Waals surface area (Å²) in [6.07, 6.45) is 1.58. The maximum absolute atomic E-state index is 14.2. The van der Waals surface area contributed by atoms with E-state index in [4.69, 9.17) is 10.8 Å². The number of nitrogens with zero attached hydrogens (tertiary/aromatic N) is 2. The molecule has 7 N–H and O–H groups in total. The van der Waals surface area contributed by atoms with Crippen molar-refractivity contribution in [3.05, 3.63) is 47.5 Å². The molecule has 1 fully saturated rings. The molecular formula is C40H63N7O8S. The highest BCUT2D eigenvalue weighted by molar-refractivity contribution is 8.00. The van der Waals surface area contributed by atoms with Crippen LogP contribution in [0.15, 0.2) is 42.0 Å². The van der Waals surface area contributed by atoms with Crippen molar-refractivity contribution in [1.29, 1.82) is 0 Å². The number of likely N-dealkylation sites (N-methyl/N-ethyl adjacent to an activating group) is 2. The molecule has 0 saturated carbocycles. The van der Waals surface area contributed by atoms with Gasteiger partial charge in [-0.15, -0.1) is 11.8 Å². The molecule has 312 valence electrons. The summed E-state index contributed by atoms with van der Waals surface area (Å²) in [6.45, 7) is 16.8. The third-order valence-electron chi connectivity index (χ3n) is 9.97. The fraction of sp³-hybridized carbons (Fsp3) is 0.625. The number of amides is 6. The number of nitrogens with two attached hydrogens (primary N) is 1. The highest BCUT2D eigenvalue weighted by atomic mass is 32.2. The summed E-state index contributed by atoms with van der Waals surface area (Å²) in [4.78, 5) is 92.6. The van der Waals surface area contributed by atoms with E-state index >= 15 is 0 Å². The van der Waals surface area contributed by atoms with Gasteiger partial charge in [-0.1, -0.05) is 84.9 Å². The number of likely N-dealkylation sites (tertiary alicyclic amines) is 1. The Labute approximate surface area is 335 Å². The Bertz CT molecular complexity index is 1610. The molecule has 1 unspecified atom stereocenters. The Balaban J connectivity index is 2.03. The molecule has 15 nitrogen and oxygen atoms in total. The SMILES string of the molecule is CN[C@H](C(=O)N[C@H](C(=O)N(C)[C@H](/C=C(\C)C(=O)N[C@H](C)CC(=O)NCCN1C(=O)CC(SC[C@H](N)C(=O)O)C1=O)C(C)C)C(C)(C)C)C(C)(C)c1ccccc1. The second-order valence-corrected chi connectivity index (χ2v) is 17.7. The molecule has 16 heteroatoms. The highest BCUT2D eigenvalue weighted by Crippen LogP contribution is 2.29. The number of rotatable bonds is 20. The van der Waals surface area contributed by atoms with E-state index in [9.17, 15) is 33.6 Å². The van der Waals surface area contributed by atoms with Crippen LogP contribution in [0.2, 0.25) is 0 Å². The lowest BCUT2D eigenvalue weighted by molar-refractivity contribution is -0.141. The lowest BCUT2D eigenvalue weighted by Crippen LogP contribution is -2.61. The first-order valence-corrected chi connectivity index (χ1v) is 20.0. The summed E-state index contributed by atoms with van der Waals surface area (Å²) in [6, 6.07) is 5.96. The van der Waals surface area contributed by atoms with Crippen molar-refractivity contribution in [3.63, 3.8) is 0 Å². The maximum Gasteiger partial charge on any atom is 0.321 e. The van der Waals surface area contributed by atoms with Crippen molar-refractivity contribution in [2.75, 3.05) is 32.9 Å². The van der Waals surface area contributed by atoms with E-state index in [1.165, 1.54) is 0 Å². The second-order valence-electron chi connectivity index (χ2n) is 16.4. The van der Waals surface area contributed by atoms with Gasteiger partial charge in [-0.2, -0.15) is 0 Å². The van der Waals surface area contributed by atoms with Crippen LogP contribution in [0.1, 0.15) is 80.7 Å². The van der Waals surface area contributed by atoms with Crippen LogP contribution in [-0.2, 0) is 39.0 Å². The average Bonchev–Trinajstić information content (AvgIpc) is 3.38. The third kappa shape index (κ3) is 13.2. The van der Waals surface area contributed by atoms with E-state index in [0.29, 0.717) is 5.57 Å². The molecule has 0 radical (unpaired) electrons. The fourth-order valence-electron chi connectivity index (χ4n) is 6.52. The Morgan fingerprint density at radius 3 is 2.16 bits per heavy atom. The summed E-state index contributed by atoms with van der Waals surface area (Å²) in [5.74, 6) is -3.61. The van der Waals surface area contributed by atoms with Crippen molar-refractivity contribution >= 4 is 53.2 Å². The summed E-state index contributed by atoms with van der Waals surface area (Å²) in [5.41, 5.74) is 5.57. The molecule has 1 aromatic rings. The van der Waals surface area contributed by atoms with E-state index in [1.807, 2.05) is 78.8 Å². The van der Waals surface area contributed by atoms with Crippen molar-refractivity contribution < 1.29 is 38.7 Å². The summed E-state index contributed by atoms with van der Waals surface area (Å²) >= 11 is 1.02. The molecule has 6 atom stereocenters. The molecule has 1 heterocycles. The Morgan fingerprint density at radius 2 is 1.62 bits per heavy atom. The molecule has 56 heavy (non-hydrogen) atoms. The summed E-state index contributed by atoms with van der Waals surface area (Å²) in [5, 5.41) is 19.9. The average molecular weight is 802 g/mol. The zero-order valence-corrected chi connectivity index (χ0v) is 35.5. The topological polar surface area (TPSA) is 220 Å². The van der Waals surface area contributed by atoms with Crippen LogP contribution in [0.5, 0.6) is 0 Å². The van der Waals surface area contributed by atoms with Crippen molar-refractivity contribution in [3.8, 4) is 0 Å². The highest BCUT2D eigenvalue weighted by Gasteiger charge is 2.42. The first-order chi connectivity index (χ1) is 25.9. The zero-order valence-electron chi connectivity index (χ0n) is 34.7. The van der Waals surface area contributed by atoms with Crippen molar-refractivity contribution in [2.45, 2.75) is 116 Å². The monoisotopic (exact) mass is 801 g/mol. The zero-order chi connectivity index (χ0) is 42.7. The number of carbonyl (C=O) groups excluding carboxylic acids is 6. The maximum atomic E-state index is 14.2. The van der Waals surface area contributed by atoms with Gasteiger partial charge in [-0.3, -0.25) is 38.5 Å². The summed E-state index contributed by atoms with van der Waals surface area (Å²) in [7, 11) is 3.38. The number of nitrogens with one attached hydrogen (secondary N) is 4. The quantitative estimate of drug-likeness (QED) is 0.0825. The number of carboxylic acids is 1. The first kappa shape index (κ1) is 47.9. The third-order valence-corrected chi connectivity index (χ3v) is 11.3. The minimum Gasteiger partial charge on any atom is -0.480 e. The van der Waals surface area contributed by atoms with Crippen LogP contribution in [-0.4, -0.2) is 125 Å². The number of benzene rings is 1. The number of carboxylic acid groups (broad SMARTS) is 1. The van der Waals surface area contributed by atoms with Crippen molar-refractivity contribution in [2.24, 2.45) is 17.1 Å².